The van der Waals surface area contributed by atoms with Crippen LogP contribution in [-0.4, -0.2) is 36.6 Å². The summed E-state index contributed by atoms with van der Waals surface area (Å²) >= 11 is 1.71. The lowest BCUT2D eigenvalue weighted by Gasteiger charge is -2.29. The van der Waals surface area contributed by atoms with Gasteiger partial charge in [0, 0.05) is 12.6 Å². The summed E-state index contributed by atoms with van der Waals surface area (Å²) in [6.45, 7) is 6.96. The number of nitrogens with zero attached hydrogens (tertiary/aromatic N) is 1. The Bertz CT molecular complexity index is 385. The summed E-state index contributed by atoms with van der Waals surface area (Å²) in [5.41, 5.74) is 1.29. The molecule has 1 fully saturated rings. The van der Waals surface area contributed by atoms with E-state index in [0.717, 1.165) is 25.9 Å². The standard InChI is InChI=1S/C14H23N3OS/c1-3-17(4-2)13(11-7-8-19-10-11)9-15-14(18)16-12-5-6-12/h7-8,10,12-13H,3-6,9H2,1-2H3,(H2,15,16,18). The van der Waals surface area contributed by atoms with Crippen LogP contribution in [0.3, 0.4) is 0 Å². The van der Waals surface area contributed by atoms with Crippen LogP contribution >= 0.6 is 11.3 Å². The lowest BCUT2D eigenvalue weighted by atomic mass is 10.1. The van der Waals surface area contributed by atoms with E-state index in [2.05, 4.69) is 46.2 Å². The highest BCUT2D eigenvalue weighted by Crippen LogP contribution is 2.22. The smallest absolute Gasteiger partial charge is 0.315 e. The number of carbonyl (C=O) groups excluding carboxylic acids is 1. The Hall–Kier alpha value is -1.07. The van der Waals surface area contributed by atoms with Crippen molar-refractivity contribution >= 4 is 17.4 Å². The molecule has 19 heavy (non-hydrogen) atoms. The number of hydrogen-bond donors (Lipinski definition) is 2. The summed E-state index contributed by atoms with van der Waals surface area (Å²) in [5.74, 6) is 0. The first-order valence-corrected chi connectivity index (χ1v) is 7.99. The van der Waals surface area contributed by atoms with Crippen molar-refractivity contribution in [3.8, 4) is 0 Å². The van der Waals surface area contributed by atoms with Gasteiger partial charge in [-0.25, -0.2) is 4.79 Å². The zero-order valence-electron chi connectivity index (χ0n) is 11.7. The molecule has 4 nitrogen and oxygen atoms in total. The van der Waals surface area contributed by atoms with E-state index in [9.17, 15) is 4.79 Å². The van der Waals surface area contributed by atoms with Crippen molar-refractivity contribution in [3.63, 3.8) is 0 Å². The second-order valence-corrected chi connectivity index (χ2v) is 5.70. The van der Waals surface area contributed by atoms with Crippen molar-refractivity contribution in [1.29, 1.82) is 0 Å². The Morgan fingerprint density at radius 1 is 1.47 bits per heavy atom. The molecule has 1 aromatic rings. The Balaban J connectivity index is 1.91. The third-order valence-electron chi connectivity index (χ3n) is 3.55. The molecule has 1 unspecified atom stereocenters. The molecule has 1 atom stereocenters. The average Bonchev–Trinajstić information content (AvgIpc) is 3.06. The lowest BCUT2D eigenvalue weighted by Crippen LogP contribution is -2.42. The predicted octanol–water partition coefficient (Wildman–Crippen LogP) is 2.59. The van der Waals surface area contributed by atoms with Crippen molar-refractivity contribution in [2.75, 3.05) is 19.6 Å². The van der Waals surface area contributed by atoms with Crippen LogP contribution in [0.25, 0.3) is 0 Å². The van der Waals surface area contributed by atoms with Crippen molar-refractivity contribution in [2.24, 2.45) is 0 Å². The molecule has 2 N–H and O–H groups in total. The van der Waals surface area contributed by atoms with Gasteiger partial charge in [-0.1, -0.05) is 13.8 Å². The van der Waals surface area contributed by atoms with Gasteiger partial charge in [0.2, 0.25) is 0 Å². The van der Waals surface area contributed by atoms with Crippen LogP contribution in [0.1, 0.15) is 38.3 Å². The summed E-state index contributed by atoms with van der Waals surface area (Å²) in [4.78, 5) is 14.1. The van der Waals surface area contributed by atoms with Gasteiger partial charge in [0.05, 0.1) is 6.04 Å². The number of carbonyl (C=O) groups is 1. The first-order valence-electron chi connectivity index (χ1n) is 7.05. The Labute approximate surface area is 119 Å². The summed E-state index contributed by atoms with van der Waals surface area (Å²) in [5, 5.41) is 10.2. The van der Waals surface area contributed by atoms with E-state index in [1.807, 2.05) is 0 Å². The topological polar surface area (TPSA) is 44.4 Å². The monoisotopic (exact) mass is 281 g/mol. The van der Waals surface area contributed by atoms with E-state index in [1.165, 1.54) is 5.56 Å². The maximum absolute atomic E-state index is 11.7. The van der Waals surface area contributed by atoms with E-state index in [1.54, 1.807) is 11.3 Å². The molecule has 1 saturated carbocycles. The normalized spacial score (nSPS) is 16.4. The van der Waals surface area contributed by atoms with Crippen molar-refractivity contribution in [3.05, 3.63) is 22.4 Å². The van der Waals surface area contributed by atoms with Crippen molar-refractivity contribution < 1.29 is 4.79 Å². The van der Waals surface area contributed by atoms with Crippen LogP contribution in [-0.2, 0) is 0 Å². The number of nitrogens with one attached hydrogen (secondary N) is 2. The molecule has 0 saturated heterocycles. The molecule has 5 heteroatoms. The van der Waals surface area contributed by atoms with Gasteiger partial charge in [-0.3, -0.25) is 4.90 Å². The summed E-state index contributed by atoms with van der Waals surface area (Å²) in [7, 11) is 0. The summed E-state index contributed by atoms with van der Waals surface area (Å²) in [6, 6.07) is 2.79. The van der Waals surface area contributed by atoms with Gasteiger partial charge in [-0.05, 0) is 48.3 Å². The Kier molecular flexibility index (Phi) is 5.22. The molecule has 1 aliphatic rings. The van der Waals surface area contributed by atoms with E-state index >= 15 is 0 Å². The largest absolute Gasteiger partial charge is 0.336 e. The number of hydrogen-bond acceptors (Lipinski definition) is 3. The first-order chi connectivity index (χ1) is 9.24. The molecule has 0 aliphatic heterocycles. The van der Waals surface area contributed by atoms with Crippen LogP contribution in [0.4, 0.5) is 4.79 Å². The molecule has 1 aromatic heterocycles. The zero-order chi connectivity index (χ0) is 13.7. The number of likely N-dealkylation sites (N-methyl/N-ethyl adjacent to an activating group) is 1. The van der Waals surface area contributed by atoms with Gasteiger partial charge in [-0.15, -0.1) is 0 Å². The minimum Gasteiger partial charge on any atom is -0.336 e. The SMILES string of the molecule is CCN(CC)C(CNC(=O)NC1CC1)c1ccsc1. The third kappa shape index (κ3) is 4.21. The fraction of sp³-hybridized carbons (Fsp3) is 0.643. The van der Waals surface area contributed by atoms with Gasteiger partial charge in [0.25, 0.3) is 0 Å². The summed E-state index contributed by atoms with van der Waals surface area (Å²) < 4.78 is 0. The molecule has 0 bridgehead atoms. The second-order valence-electron chi connectivity index (χ2n) is 4.92. The highest BCUT2D eigenvalue weighted by atomic mass is 32.1. The van der Waals surface area contributed by atoms with Crippen molar-refractivity contribution in [1.82, 2.24) is 15.5 Å². The average molecular weight is 281 g/mol. The molecule has 0 spiro atoms. The Morgan fingerprint density at radius 3 is 2.74 bits per heavy atom. The minimum atomic E-state index is -0.0325. The quantitative estimate of drug-likeness (QED) is 0.807. The van der Waals surface area contributed by atoms with Gasteiger partial charge < -0.3 is 10.6 Å². The maximum atomic E-state index is 11.7. The first kappa shape index (κ1) is 14.3. The predicted molar refractivity (Wildman–Crippen MR) is 79.5 cm³/mol. The lowest BCUT2D eigenvalue weighted by molar-refractivity contribution is 0.206. The maximum Gasteiger partial charge on any atom is 0.315 e. The van der Waals surface area contributed by atoms with Crippen molar-refractivity contribution in [2.45, 2.75) is 38.8 Å². The Morgan fingerprint density at radius 2 is 2.21 bits per heavy atom. The van der Waals surface area contributed by atoms with Gasteiger partial charge in [0.1, 0.15) is 0 Å². The van der Waals surface area contributed by atoms with Crippen LogP contribution < -0.4 is 10.6 Å². The molecular weight excluding hydrogens is 258 g/mol. The molecule has 0 radical (unpaired) electrons. The van der Waals surface area contributed by atoms with Gasteiger partial charge in [0.15, 0.2) is 0 Å². The van der Waals surface area contributed by atoms with Gasteiger partial charge in [-0.2, -0.15) is 11.3 Å². The number of amides is 2. The minimum absolute atomic E-state index is 0.0325. The fourth-order valence-electron chi connectivity index (χ4n) is 2.24. The van der Waals surface area contributed by atoms with Crippen LogP contribution in [0, 0.1) is 0 Å². The molecule has 2 rings (SSSR count). The number of rotatable bonds is 7. The van der Waals surface area contributed by atoms with Crippen LogP contribution in [0.2, 0.25) is 0 Å². The molecule has 1 aliphatic carbocycles. The third-order valence-corrected chi connectivity index (χ3v) is 4.25. The molecule has 1 heterocycles. The van der Waals surface area contributed by atoms with E-state index in [-0.39, 0.29) is 12.1 Å². The van der Waals surface area contributed by atoms with E-state index in [0.29, 0.717) is 12.6 Å². The highest BCUT2D eigenvalue weighted by molar-refractivity contribution is 7.07. The number of urea groups is 1. The molecular formula is C14H23N3OS. The van der Waals surface area contributed by atoms with Crippen LogP contribution in [0.15, 0.2) is 16.8 Å². The molecule has 106 valence electrons. The zero-order valence-corrected chi connectivity index (χ0v) is 12.5. The second kappa shape index (κ2) is 6.91. The summed E-state index contributed by atoms with van der Waals surface area (Å²) in [6.07, 6.45) is 2.24. The number of thiophene rings is 1. The highest BCUT2D eigenvalue weighted by Gasteiger charge is 2.24. The van der Waals surface area contributed by atoms with Crippen LogP contribution in [0.5, 0.6) is 0 Å². The fourth-order valence-corrected chi connectivity index (χ4v) is 2.95. The van der Waals surface area contributed by atoms with Gasteiger partial charge >= 0.3 is 6.03 Å². The van der Waals surface area contributed by atoms with E-state index < -0.39 is 0 Å². The molecule has 0 aromatic carbocycles. The van der Waals surface area contributed by atoms with E-state index in [4.69, 9.17) is 0 Å². The molecule has 2 amide bonds.